The Labute approximate surface area is 118 Å². The monoisotopic (exact) mass is 264 g/mol. The topological polar surface area (TPSA) is 44.9 Å². The first-order valence-corrected chi connectivity index (χ1v) is 7.28. The molecule has 0 spiro atoms. The average Bonchev–Trinajstić information content (AvgIpc) is 2.76. The second-order valence-corrected chi connectivity index (χ2v) is 4.32. The molecule has 0 saturated heterocycles. The quantitative estimate of drug-likeness (QED) is 0.821. The molecule has 19 heavy (non-hydrogen) atoms. The largest absolute Gasteiger partial charge is 0.304 e. The van der Waals surface area contributed by atoms with Gasteiger partial charge in [0.15, 0.2) is 6.19 Å². The predicted molar refractivity (Wildman–Crippen MR) is 80.2 cm³/mol. The van der Waals surface area contributed by atoms with Crippen LogP contribution in [-0.2, 0) is 12.8 Å². The van der Waals surface area contributed by atoms with Crippen molar-refractivity contribution in [1.82, 2.24) is 14.5 Å². The van der Waals surface area contributed by atoms with Crippen molar-refractivity contribution >= 4 is 0 Å². The molecule has 1 rings (SSSR count). The Morgan fingerprint density at radius 3 is 1.84 bits per heavy atom. The number of nitrogens with zero attached hydrogens (tertiary/aromatic N) is 4. The van der Waals surface area contributed by atoms with Crippen LogP contribution in [0.2, 0.25) is 0 Å². The van der Waals surface area contributed by atoms with Gasteiger partial charge in [-0.2, -0.15) is 5.26 Å². The SMILES string of the molecule is CCN(CC)CC.CCc1nc(C)c(CC)n1C#N. The summed E-state index contributed by atoms with van der Waals surface area (Å²) < 4.78 is 1.63. The van der Waals surface area contributed by atoms with Crippen LogP contribution in [0.3, 0.4) is 0 Å². The maximum absolute atomic E-state index is 8.85. The van der Waals surface area contributed by atoms with Gasteiger partial charge in [-0.25, -0.2) is 9.55 Å². The van der Waals surface area contributed by atoms with Gasteiger partial charge >= 0.3 is 0 Å². The van der Waals surface area contributed by atoms with Crippen molar-refractivity contribution in [3.05, 3.63) is 17.2 Å². The fourth-order valence-corrected chi connectivity index (χ4v) is 2.07. The van der Waals surface area contributed by atoms with Gasteiger partial charge in [0, 0.05) is 6.42 Å². The molecular formula is C15H28N4. The molecule has 0 aromatic carbocycles. The van der Waals surface area contributed by atoms with E-state index in [0.717, 1.165) is 30.1 Å². The highest BCUT2D eigenvalue weighted by atomic mass is 15.1. The fraction of sp³-hybridized carbons (Fsp3) is 0.733. The lowest BCUT2D eigenvalue weighted by Gasteiger charge is -2.13. The molecule has 1 aromatic heterocycles. The van der Waals surface area contributed by atoms with Crippen molar-refractivity contribution in [2.45, 2.75) is 54.4 Å². The molecule has 0 N–H and O–H groups in total. The first kappa shape index (κ1) is 17.7. The van der Waals surface area contributed by atoms with Crippen molar-refractivity contribution in [1.29, 1.82) is 5.26 Å². The summed E-state index contributed by atoms with van der Waals surface area (Å²) in [5, 5.41) is 8.85. The average molecular weight is 264 g/mol. The Hall–Kier alpha value is -1.34. The summed E-state index contributed by atoms with van der Waals surface area (Å²) in [7, 11) is 0. The Morgan fingerprint density at radius 1 is 1.05 bits per heavy atom. The van der Waals surface area contributed by atoms with E-state index in [1.165, 1.54) is 19.6 Å². The zero-order chi connectivity index (χ0) is 14.8. The third kappa shape index (κ3) is 5.04. The zero-order valence-corrected chi connectivity index (χ0v) is 13.3. The Bertz CT molecular complexity index is 392. The molecule has 0 unspecified atom stereocenters. The summed E-state index contributed by atoms with van der Waals surface area (Å²) in [6, 6.07) is 0. The van der Waals surface area contributed by atoms with Crippen LogP contribution in [0.5, 0.6) is 0 Å². The van der Waals surface area contributed by atoms with Crippen LogP contribution in [0.1, 0.15) is 51.8 Å². The number of rotatable bonds is 5. The third-order valence-electron chi connectivity index (χ3n) is 3.34. The summed E-state index contributed by atoms with van der Waals surface area (Å²) in [5.74, 6) is 0.867. The van der Waals surface area contributed by atoms with Gasteiger partial charge in [-0.1, -0.05) is 34.6 Å². The van der Waals surface area contributed by atoms with Crippen molar-refractivity contribution < 1.29 is 0 Å². The van der Waals surface area contributed by atoms with E-state index in [9.17, 15) is 0 Å². The molecule has 0 fully saturated rings. The Balaban J connectivity index is 0.000000399. The van der Waals surface area contributed by atoms with E-state index in [-0.39, 0.29) is 0 Å². The molecule has 0 aliphatic heterocycles. The van der Waals surface area contributed by atoms with Gasteiger partial charge in [0.2, 0.25) is 0 Å². The highest BCUT2D eigenvalue weighted by molar-refractivity contribution is 5.20. The van der Waals surface area contributed by atoms with Gasteiger partial charge in [0.25, 0.3) is 0 Å². The summed E-state index contributed by atoms with van der Waals surface area (Å²) >= 11 is 0. The van der Waals surface area contributed by atoms with Gasteiger partial charge in [0.1, 0.15) is 5.82 Å². The van der Waals surface area contributed by atoms with E-state index in [1.54, 1.807) is 4.57 Å². The highest BCUT2D eigenvalue weighted by Gasteiger charge is 2.10. The normalized spacial score (nSPS) is 10.0. The van der Waals surface area contributed by atoms with E-state index in [4.69, 9.17) is 5.26 Å². The zero-order valence-electron chi connectivity index (χ0n) is 13.3. The second-order valence-electron chi connectivity index (χ2n) is 4.32. The molecule has 0 atom stereocenters. The van der Waals surface area contributed by atoms with Gasteiger partial charge < -0.3 is 4.90 Å². The van der Waals surface area contributed by atoms with E-state index >= 15 is 0 Å². The summed E-state index contributed by atoms with van der Waals surface area (Å²) in [6.45, 7) is 16.1. The molecule has 108 valence electrons. The predicted octanol–water partition coefficient (Wildman–Crippen LogP) is 2.99. The molecule has 1 aromatic rings. The molecule has 0 aliphatic rings. The maximum Gasteiger partial charge on any atom is 0.190 e. The molecule has 0 aliphatic carbocycles. The standard InChI is InChI=1S/C9H13N3.C6H15N/c1-4-8-7(3)11-9(5-2)12(8)6-10;1-4-7(5-2)6-3/h4-5H2,1-3H3;4-6H2,1-3H3. The van der Waals surface area contributed by atoms with Gasteiger partial charge in [-0.3, -0.25) is 0 Å². The van der Waals surface area contributed by atoms with Crippen LogP contribution in [0.4, 0.5) is 0 Å². The highest BCUT2D eigenvalue weighted by Crippen LogP contribution is 2.10. The smallest absolute Gasteiger partial charge is 0.190 e. The molecule has 4 heteroatoms. The van der Waals surface area contributed by atoms with Crippen LogP contribution in [0, 0.1) is 18.4 Å². The fourth-order valence-electron chi connectivity index (χ4n) is 2.07. The maximum atomic E-state index is 8.85. The lowest BCUT2D eigenvalue weighted by atomic mass is 10.3. The lowest BCUT2D eigenvalue weighted by molar-refractivity contribution is 0.321. The first-order chi connectivity index (χ1) is 9.09. The van der Waals surface area contributed by atoms with E-state index < -0.39 is 0 Å². The number of hydrogen-bond acceptors (Lipinski definition) is 3. The molecule has 0 amide bonds. The van der Waals surface area contributed by atoms with Crippen LogP contribution in [-0.4, -0.2) is 34.1 Å². The summed E-state index contributed by atoms with van der Waals surface area (Å²) in [4.78, 5) is 6.69. The molecule has 0 bridgehead atoms. The number of imidazole rings is 1. The van der Waals surface area contributed by atoms with Gasteiger partial charge in [0.05, 0.1) is 11.4 Å². The minimum absolute atomic E-state index is 0.814. The van der Waals surface area contributed by atoms with Crippen LogP contribution in [0.25, 0.3) is 0 Å². The van der Waals surface area contributed by atoms with Gasteiger partial charge in [-0.05, 0) is 33.0 Å². The Morgan fingerprint density at radius 2 is 1.58 bits per heavy atom. The molecular weight excluding hydrogens is 236 g/mol. The second kappa shape index (κ2) is 9.57. The molecule has 0 radical (unpaired) electrons. The summed E-state index contributed by atoms with van der Waals surface area (Å²) in [5.41, 5.74) is 2.02. The van der Waals surface area contributed by atoms with Crippen LogP contribution in [0.15, 0.2) is 0 Å². The van der Waals surface area contributed by atoms with E-state index in [2.05, 4.69) is 36.8 Å². The lowest BCUT2D eigenvalue weighted by Crippen LogP contribution is -2.21. The van der Waals surface area contributed by atoms with Crippen molar-refractivity contribution in [3.63, 3.8) is 0 Å². The number of nitriles is 1. The minimum atomic E-state index is 0.814. The number of aromatic nitrogens is 2. The minimum Gasteiger partial charge on any atom is -0.304 e. The van der Waals surface area contributed by atoms with E-state index in [0.29, 0.717) is 0 Å². The summed E-state index contributed by atoms with van der Waals surface area (Å²) in [6.07, 6.45) is 3.82. The molecule has 1 heterocycles. The van der Waals surface area contributed by atoms with Gasteiger partial charge in [-0.15, -0.1) is 0 Å². The van der Waals surface area contributed by atoms with Crippen LogP contribution >= 0.6 is 0 Å². The molecule has 0 saturated carbocycles. The van der Waals surface area contributed by atoms with E-state index in [1.807, 2.05) is 20.8 Å². The Kier molecular flexibility index (Phi) is 8.90. The van der Waals surface area contributed by atoms with Crippen LogP contribution < -0.4 is 0 Å². The third-order valence-corrected chi connectivity index (χ3v) is 3.34. The molecule has 4 nitrogen and oxygen atoms in total. The van der Waals surface area contributed by atoms with Crippen molar-refractivity contribution in [3.8, 4) is 6.19 Å². The van der Waals surface area contributed by atoms with Crippen molar-refractivity contribution in [2.75, 3.05) is 19.6 Å². The first-order valence-electron chi connectivity index (χ1n) is 7.28. The number of aryl methyl sites for hydroxylation is 2. The van der Waals surface area contributed by atoms with Crippen molar-refractivity contribution in [2.24, 2.45) is 0 Å². The number of hydrogen-bond donors (Lipinski definition) is 0.